The minimum Gasteiger partial charge on any atom is -0.304 e. The Bertz CT molecular complexity index is 128. The summed E-state index contributed by atoms with van der Waals surface area (Å²) in [7, 11) is 2.21. The maximum Gasteiger partial charge on any atom is 0.0217 e. The molecular weight excluding hydrogens is 168 g/mol. The van der Waals surface area contributed by atoms with Crippen molar-refractivity contribution in [1.29, 1.82) is 0 Å². The number of nitrogens with zero attached hydrogens (tertiary/aromatic N) is 2. The predicted octanol–water partition coefficient (Wildman–Crippen LogP) is 1.54. The second-order valence-electron chi connectivity index (χ2n) is 3.92. The molecule has 0 bridgehead atoms. The third-order valence-electron chi connectivity index (χ3n) is 2.05. The molecule has 0 aliphatic carbocycles. The molecule has 1 fully saturated rings. The van der Waals surface area contributed by atoms with Gasteiger partial charge in [-0.3, -0.25) is 0 Å². The van der Waals surface area contributed by atoms with Crippen molar-refractivity contribution < 1.29 is 0 Å². The zero-order valence-corrected chi connectivity index (χ0v) is 9.23. The van der Waals surface area contributed by atoms with Crippen LogP contribution in [0.4, 0.5) is 0 Å². The molecule has 0 aromatic carbocycles. The highest BCUT2D eigenvalue weighted by Gasteiger charge is 2.12. The normalized spacial score (nSPS) is 23.0. The first-order chi connectivity index (χ1) is 5.68. The molecule has 0 atom stereocenters. The topological polar surface area (TPSA) is 6.48 Å². The van der Waals surface area contributed by atoms with Crippen LogP contribution in [0.15, 0.2) is 0 Å². The first-order valence-electron chi connectivity index (χ1n) is 4.75. The Labute approximate surface area is 80.4 Å². The van der Waals surface area contributed by atoms with Gasteiger partial charge in [-0.25, -0.2) is 4.31 Å². The molecule has 1 heterocycles. The lowest BCUT2D eigenvalue weighted by molar-refractivity contribution is 0.319. The predicted molar refractivity (Wildman–Crippen MR) is 56.4 cm³/mol. The van der Waals surface area contributed by atoms with Gasteiger partial charge in [0.1, 0.15) is 0 Å². The van der Waals surface area contributed by atoms with Crippen molar-refractivity contribution in [3.05, 3.63) is 0 Å². The number of rotatable bonds is 2. The summed E-state index contributed by atoms with van der Waals surface area (Å²) in [5.41, 5.74) is 0. The van der Waals surface area contributed by atoms with Gasteiger partial charge in [0.2, 0.25) is 0 Å². The average molecular weight is 188 g/mol. The quantitative estimate of drug-likeness (QED) is 0.607. The third-order valence-corrected chi connectivity index (χ3v) is 3.11. The van der Waals surface area contributed by atoms with Crippen molar-refractivity contribution >= 4 is 11.9 Å². The van der Waals surface area contributed by atoms with Gasteiger partial charge in [-0.05, 0) is 13.0 Å². The zero-order chi connectivity index (χ0) is 8.97. The Kier molecular flexibility index (Phi) is 4.40. The van der Waals surface area contributed by atoms with Gasteiger partial charge >= 0.3 is 0 Å². The molecular formula is C9H20N2S. The van der Waals surface area contributed by atoms with Crippen LogP contribution in [0.1, 0.15) is 13.8 Å². The fraction of sp³-hybridized carbons (Fsp3) is 1.00. The molecule has 0 aromatic rings. The molecule has 0 aromatic heterocycles. The van der Waals surface area contributed by atoms with E-state index in [-0.39, 0.29) is 0 Å². The number of likely N-dealkylation sites (N-methyl/N-ethyl adjacent to an activating group) is 1. The molecule has 0 saturated carbocycles. The van der Waals surface area contributed by atoms with Gasteiger partial charge < -0.3 is 4.90 Å². The van der Waals surface area contributed by atoms with E-state index < -0.39 is 0 Å². The summed E-state index contributed by atoms with van der Waals surface area (Å²) in [6.45, 7) is 9.49. The molecule has 0 spiro atoms. The first-order valence-corrected chi connectivity index (χ1v) is 5.69. The summed E-state index contributed by atoms with van der Waals surface area (Å²) >= 11 is 2.01. The molecule has 1 aliphatic rings. The van der Waals surface area contributed by atoms with Gasteiger partial charge in [-0.2, -0.15) is 0 Å². The van der Waals surface area contributed by atoms with E-state index in [0.29, 0.717) is 0 Å². The monoisotopic (exact) mass is 188 g/mol. The molecule has 0 amide bonds. The lowest BCUT2D eigenvalue weighted by atomic mass is 10.2. The molecule has 1 saturated heterocycles. The van der Waals surface area contributed by atoms with Crippen LogP contribution in [-0.2, 0) is 0 Å². The minimum atomic E-state index is 0.793. The first kappa shape index (κ1) is 10.4. The molecule has 3 heteroatoms. The second-order valence-corrected chi connectivity index (χ2v) is 5.10. The highest BCUT2D eigenvalue weighted by atomic mass is 32.2. The van der Waals surface area contributed by atoms with E-state index in [1.807, 2.05) is 11.9 Å². The minimum absolute atomic E-state index is 0.793. The van der Waals surface area contributed by atoms with Gasteiger partial charge in [-0.1, -0.05) is 25.8 Å². The maximum atomic E-state index is 2.51. The molecule has 1 rings (SSSR count). The summed E-state index contributed by atoms with van der Waals surface area (Å²) in [6.07, 6.45) is 0. The number of hydrogen-bond donors (Lipinski definition) is 0. The van der Waals surface area contributed by atoms with Crippen LogP contribution in [0.3, 0.4) is 0 Å². The largest absolute Gasteiger partial charge is 0.304 e. The van der Waals surface area contributed by atoms with Gasteiger partial charge in [0, 0.05) is 31.9 Å². The fourth-order valence-electron chi connectivity index (χ4n) is 1.34. The summed E-state index contributed by atoms with van der Waals surface area (Å²) in [6, 6.07) is 0. The van der Waals surface area contributed by atoms with E-state index in [4.69, 9.17) is 0 Å². The van der Waals surface area contributed by atoms with Crippen molar-refractivity contribution in [3.63, 3.8) is 0 Å². The van der Waals surface area contributed by atoms with Gasteiger partial charge in [-0.15, -0.1) is 0 Å². The Hall–Kier alpha value is 0.270. The molecule has 1 aliphatic heterocycles. The van der Waals surface area contributed by atoms with E-state index >= 15 is 0 Å². The zero-order valence-electron chi connectivity index (χ0n) is 8.42. The van der Waals surface area contributed by atoms with Crippen LogP contribution in [0.2, 0.25) is 0 Å². The van der Waals surface area contributed by atoms with Crippen molar-refractivity contribution in [2.45, 2.75) is 13.8 Å². The molecule has 12 heavy (non-hydrogen) atoms. The van der Waals surface area contributed by atoms with Crippen LogP contribution in [-0.4, -0.2) is 48.2 Å². The van der Waals surface area contributed by atoms with E-state index in [0.717, 1.165) is 5.92 Å². The van der Waals surface area contributed by atoms with Crippen molar-refractivity contribution in [2.24, 2.45) is 5.92 Å². The summed E-state index contributed by atoms with van der Waals surface area (Å²) in [4.78, 5) is 2.41. The Morgan fingerprint density at radius 2 is 2.00 bits per heavy atom. The van der Waals surface area contributed by atoms with Crippen molar-refractivity contribution in [2.75, 3.05) is 39.0 Å². The smallest absolute Gasteiger partial charge is 0.0217 e. The van der Waals surface area contributed by atoms with Crippen LogP contribution in [0.5, 0.6) is 0 Å². The molecule has 0 unspecified atom stereocenters. The van der Waals surface area contributed by atoms with Gasteiger partial charge in [0.05, 0.1) is 0 Å². The van der Waals surface area contributed by atoms with Gasteiger partial charge in [0.15, 0.2) is 0 Å². The summed E-state index contributed by atoms with van der Waals surface area (Å²) in [5, 5.41) is 0. The Morgan fingerprint density at radius 1 is 1.25 bits per heavy atom. The van der Waals surface area contributed by atoms with Crippen LogP contribution in [0.25, 0.3) is 0 Å². The van der Waals surface area contributed by atoms with E-state index in [2.05, 4.69) is 30.1 Å². The molecule has 2 nitrogen and oxygen atoms in total. The van der Waals surface area contributed by atoms with Gasteiger partial charge in [0.25, 0.3) is 0 Å². The summed E-state index contributed by atoms with van der Waals surface area (Å²) in [5.74, 6) is 2.05. The summed E-state index contributed by atoms with van der Waals surface area (Å²) < 4.78 is 2.51. The third kappa shape index (κ3) is 3.78. The lowest BCUT2D eigenvalue weighted by Crippen LogP contribution is -2.27. The lowest BCUT2D eigenvalue weighted by Gasteiger charge is -2.20. The van der Waals surface area contributed by atoms with Crippen LogP contribution >= 0.6 is 11.9 Å². The Morgan fingerprint density at radius 3 is 2.67 bits per heavy atom. The molecule has 72 valence electrons. The second kappa shape index (κ2) is 5.10. The fourth-order valence-corrected chi connectivity index (χ4v) is 2.60. The van der Waals surface area contributed by atoms with E-state index in [1.165, 1.54) is 31.9 Å². The van der Waals surface area contributed by atoms with Crippen molar-refractivity contribution in [1.82, 2.24) is 9.21 Å². The van der Waals surface area contributed by atoms with Crippen LogP contribution in [0, 0.1) is 5.92 Å². The van der Waals surface area contributed by atoms with Crippen LogP contribution < -0.4 is 0 Å². The maximum absolute atomic E-state index is 2.51. The molecule has 0 N–H and O–H groups in total. The number of hydrogen-bond acceptors (Lipinski definition) is 3. The highest BCUT2D eigenvalue weighted by Crippen LogP contribution is 2.15. The highest BCUT2D eigenvalue weighted by molar-refractivity contribution is 7.97. The van der Waals surface area contributed by atoms with E-state index in [9.17, 15) is 0 Å². The van der Waals surface area contributed by atoms with Crippen molar-refractivity contribution in [3.8, 4) is 0 Å². The molecule has 0 radical (unpaired) electrons. The standard InChI is InChI=1S/C9H20N2S/c1-9(2)8-11-5-4-10(3)6-7-12-11/h9H,4-8H2,1-3H3. The SMILES string of the molecule is CC(C)CN1CCN(C)CCS1. The Balaban J connectivity index is 2.26. The average Bonchev–Trinajstić information content (AvgIpc) is 2.15. The van der Waals surface area contributed by atoms with E-state index in [1.54, 1.807) is 0 Å².